The minimum atomic E-state index is -3.63. The number of rotatable bonds is 5. The third-order valence-corrected chi connectivity index (χ3v) is 8.07. The molecule has 8 heteroatoms. The molecule has 5 rings (SSSR count). The Morgan fingerprint density at radius 3 is 2.53 bits per heavy atom. The minimum absolute atomic E-state index is 0.0789. The summed E-state index contributed by atoms with van der Waals surface area (Å²) in [4.78, 5) is 24.8. The van der Waals surface area contributed by atoms with Crippen molar-refractivity contribution in [2.75, 3.05) is 13.1 Å². The molecule has 2 aromatic carbocycles. The average molecular weight is 454 g/mol. The van der Waals surface area contributed by atoms with Crippen LogP contribution < -0.4 is 5.63 Å². The molecule has 1 aromatic heterocycles. The van der Waals surface area contributed by atoms with Crippen molar-refractivity contribution in [3.8, 4) is 0 Å². The number of sulfonamides is 1. The fraction of sp³-hybridized carbons (Fsp3) is 0.333. The number of carbonyl (C=O) groups excluding carboxylic acids is 1. The molecule has 3 aromatic rings. The molecule has 0 spiro atoms. The van der Waals surface area contributed by atoms with Crippen molar-refractivity contribution in [2.45, 2.75) is 43.6 Å². The number of hydrogen-bond acceptors (Lipinski definition) is 6. The lowest BCUT2D eigenvalue weighted by molar-refractivity contribution is 0.0473. The molecule has 1 aliphatic heterocycles. The van der Waals surface area contributed by atoms with Crippen molar-refractivity contribution in [3.63, 3.8) is 0 Å². The number of ether oxygens (including phenoxy) is 1. The van der Waals surface area contributed by atoms with E-state index in [1.807, 2.05) is 12.1 Å². The van der Waals surface area contributed by atoms with Crippen molar-refractivity contribution in [1.29, 1.82) is 0 Å². The standard InChI is InChI=1S/C24H23NO6S/c26-23-14-19(21-12-16-5-3-6-17(16)13-22(21)31-23)15-30-24(27)18-7-4-8-20(11-18)32(28,29)25-9-1-2-10-25/h4,7-8,11-14H,1-3,5-6,9-10,15H2. The maximum atomic E-state index is 12.8. The zero-order chi connectivity index (χ0) is 22.3. The second-order valence-electron chi connectivity index (χ2n) is 8.28. The maximum Gasteiger partial charge on any atom is 0.338 e. The van der Waals surface area contributed by atoms with Crippen LogP contribution in [-0.2, 0) is 34.2 Å². The molecule has 1 saturated heterocycles. The van der Waals surface area contributed by atoms with Gasteiger partial charge < -0.3 is 9.15 Å². The summed E-state index contributed by atoms with van der Waals surface area (Å²) in [6.45, 7) is 0.873. The Balaban J connectivity index is 1.39. The topological polar surface area (TPSA) is 93.9 Å². The predicted octanol–water partition coefficient (Wildman–Crippen LogP) is 3.42. The highest BCUT2D eigenvalue weighted by Crippen LogP contribution is 2.29. The van der Waals surface area contributed by atoms with Crippen molar-refractivity contribution in [3.05, 3.63) is 75.1 Å². The van der Waals surface area contributed by atoms with Gasteiger partial charge in [-0.1, -0.05) is 6.07 Å². The van der Waals surface area contributed by atoms with Crippen molar-refractivity contribution < 1.29 is 22.4 Å². The predicted molar refractivity (Wildman–Crippen MR) is 118 cm³/mol. The lowest BCUT2D eigenvalue weighted by atomic mass is 10.0. The van der Waals surface area contributed by atoms with Crippen LogP contribution in [0, 0.1) is 0 Å². The van der Waals surface area contributed by atoms with Gasteiger partial charge in [-0.25, -0.2) is 18.0 Å². The van der Waals surface area contributed by atoms with Crippen LogP contribution in [0.5, 0.6) is 0 Å². The first-order valence-electron chi connectivity index (χ1n) is 10.8. The first kappa shape index (κ1) is 20.9. The van der Waals surface area contributed by atoms with Crippen LogP contribution in [0.1, 0.15) is 46.3 Å². The number of carbonyl (C=O) groups is 1. The summed E-state index contributed by atoms with van der Waals surface area (Å²) in [5.41, 5.74) is 3.12. The van der Waals surface area contributed by atoms with Crippen molar-refractivity contribution >= 4 is 27.0 Å². The van der Waals surface area contributed by atoms with E-state index in [1.165, 1.54) is 45.8 Å². The molecule has 0 unspecified atom stereocenters. The summed E-state index contributed by atoms with van der Waals surface area (Å²) < 4.78 is 37.8. The van der Waals surface area contributed by atoms with Gasteiger partial charge in [0.15, 0.2) is 0 Å². The summed E-state index contributed by atoms with van der Waals surface area (Å²) in [7, 11) is -3.63. The number of fused-ring (bicyclic) bond motifs is 2. The van der Waals surface area contributed by atoms with Gasteiger partial charge in [0, 0.05) is 30.1 Å². The number of hydrogen-bond donors (Lipinski definition) is 0. The fourth-order valence-corrected chi connectivity index (χ4v) is 6.07. The molecule has 32 heavy (non-hydrogen) atoms. The van der Waals surface area contributed by atoms with Crippen molar-refractivity contribution in [2.24, 2.45) is 0 Å². The Bertz CT molecular complexity index is 1370. The molecule has 0 bridgehead atoms. The number of esters is 1. The van der Waals surface area contributed by atoms with Gasteiger partial charge in [-0.15, -0.1) is 0 Å². The van der Waals surface area contributed by atoms with E-state index in [-0.39, 0.29) is 17.1 Å². The van der Waals surface area contributed by atoms with E-state index in [2.05, 4.69) is 0 Å². The van der Waals surface area contributed by atoms with E-state index in [1.54, 1.807) is 0 Å². The third kappa shape index (κ3) is 3.84. The van der Waals surface area contributed by atoms with E-state index >= 15 is 0 Å². The molecule has 7 nitrogen and oxygen atoms in total. The number of aryl methyl sites for hydroxylation is 2. The van der Waals surface area contributed by atoms with Crippen molar-refractivity contribution in [1.82, 2.24) is 4.31 Å². The summed E-state index contributed by atoms with van der Waals surface area (Å²) in [6.07, 6.45) is 4.68. The molecule has 1 aliphatic carbocycles. The van der Waals surface area contributed by atoms with Crippen LogP contribution in [0.3, 0.4) is 0 Å². The summed E-state index contributed by atoms with van der Waals surface area (Å²) in [5, 5.41) is 0.753. The Labute approximate surface area is 185 Å². The van der Waals surface area contributed by atoms with Gasteiger partial charge in [-0.05, 0) is 73.6 Å². The number of nitrogens with zero attached hydrogens (tertiary/aromatic N) is 1. The molecule has 0 radical (unpaired) electrons. The zero-order valence-electron chi connectivity index (χ0n) is 17.5. The zero-order valence-corrected chi connectivity index (χ0v) is 18.3. The van der Waals surface area contributed by atoms with E-state index in [0.29, 0.717) is 24.2 Å². The Morgan fingerprint density at radius 2 is 1.75 bits per heavy atom. The van der Waals surface area contributed by atoms with Gasteiger partial charge in [0.2, 0.25) is 10.0 Å². The summed E-state index contributed by atoms with van der Waals surface area (Å²) in [5.74, 6) is -0.647. The largest absolute Gasteiger partial charge is 0.457 e. The summed E-state index contributed by atoms with van der Waals surface area (Å²) >= 11 is 0. The molecule has 2 heterocycles. The van der Waals surface area contributed by atoms with Crippen LogP contribution in [0.15, 0.2) is 56.6 Å². The van der Waals surface area contributed by atoms with Crippen LogP contribution in [0.25, 0.3) is 11.0 Å². The van der Waals surface area contributed by atoms with Gasteiger partial charge >= 0.3 is 11.6 Å². The van der Waals surface area contributed by atoms with Gasteiger partial charge in [-0.3, -0.25) is 0 Å². The SMILES string of the molecule is O=C(OCc1cc(=O)oc2cc3c(cc12)CCC3)c1cccc(S(=O)(=O)N2CCCC2)c1. The maximum absolute atomic E-state index is 12.8. The Morgan fingerprint density at radius 1 is 1.00 bits per heavy atom. The normalized spacial score (nSPS) is 16.4. The molecule has 1 fully saturated rings. The lowest BCUT2D eigenvalue weighted by Crippen LogP contribution is -2.28. The van der Waals surface area contributed by atoms with E-state index < -0.39 is 21.6 Å². The first-order valence-corrected chi connectivity index (χ1v) is 12.2. The van der Waals surface area contributed by atoms with Crippen LogP contribution in [0.4, 0.5) is 0 Å². The first-order chi connectivity index (χ1) is 15.4. The van der Waals surface area contributed by atoms with Gasteiger partial charge in [0.25, 0.3) is 0 Å². The highest BCUT2D eigenvalue weighted by atomic mass is 32.2. The lowest BCUT2D eigenvalue weighted by Gasteiger charge is -2.16. The Kier molecular flexibility index (Phi) is 5.35. The Hall–Kier alpha value is -2.97. The van der Waals surface area contributed by atoms with Gasteiger partial charge in [0.1, 0.15) is 12.2 Å². The smallest absolute Gasteiger partial charge is 0.338 e. The molecule has 0 amide bonds. The average Bonchev–Trinajstić information content (AvgIpc) is 3.48. The third-order valence-electron chi connectivity index (χ3n) is 6.17. The molecular weight excluding hydrogens is 430 g/mol. The fourth-order valence-electron chi connectivity index (χ4n) is 4.50. The molecule has 0 N–H and O–H groups in total. The second-order valence-corrected chi connectivity index (χ2v) is 10.2. The van der Waals surface area contributed by atoms with E-state index in [0.717, 1.165) is 37.5 Å². The van der Waals surface area contributed by atoms with E-state index in [9.17, 15) is 18.0 Å². The highest BCUT2D eigenvalue weighted by molar-refractivity contribution is 7.89. The second kappa shape index (κ2) is 8.18. The molecule has 0 atom stereocenters. The quantitative estimate of drug-likeness (QED) is 0.434. The highest BCUT2D eigenvalue weighted by Gasteiger charge is 2.28. The van der Waals surface area contributed by atoms with Gasteiger partial charge in [-0.2, -0.15) is 4.31 Å². The molecule has 2 aliphatic rings. The minimum Gasteiger partial charge on any atom is -0.457 e. The molecular formula is C24H23NO6S. The van der Waals surface area contributed by atoms with E-state index in [4.69, 9.17) is 9.15 Å². The van der Waals surface area contributed by atoms with Gasteiger partial charge in [0.05, 0.1) is 10.5 Å². The van der Waals surface area contributed by atoms with Crippen LogP contribution in [0.2, 0.25) is 0 Å². The monoisotopic (exact) mass is 453 g/mol. The van der Waals surface area contributed by atoms with Crippen LogP contribution in [-0.4, -0.2) is 31.8 Å². The molecule has 166 valence electrons. The number of benzene rings is 2. The summed E-state index contributed by atoms with van der Waals surface area (Å²) in [6, 6.07) is 11.1. The van der Waals surface area contributed by atoms with Crippen LogP contribution >= 0.6 is 0 Å². The molecule has 0 saturated carbocycles.